The number of hydrogen-bond acceptors (Lipinski definition) is 9. The number of benzene rings is 4. The van der Waals surface area contributed by atoms with Crippen LogP contribution in [0.1, 0.15) is 77.2 Å². The average Bonchev–Trinajstić information content (AvgIpc) is 3.21. The Morgan fingerprint density at radius 1 is 0.877 bits per heavy atom. The van der Waals surface area contributed by atoms with Crippen LogP contribution < -0.4 is 9.47 Å². The smallest absolute Gasteiger partial charge is 0.231 e. The zero-order valence-corrected chi connectivity index (χ0v) is 35.3. The molecule has 0 spiro atoms. The number of fused-ring (bicyclic) bond motifs is 3. The molecule has 7 rings (SSSR count). The van der Waals surface area contributed by atoms with Crippen LogP contribution in [0, 0.1) is 17.8 Å². The van der Waals surface area contributed by atoms with Gasteiger partial charge < -0.3 is 29.3 Å². The minimum atomic E-state index is -1.07. The van der Waals surface area contributed by atoms with Gasteiger partial charge in [-0.25, -0.2) is 0 Å². The van der Waals surface area contributed by atoms with Gasteiger partial charge >= 0.3 is 0 Å². The lowest BCUT2D eigenvalue weighted by Gasteiger charge is -2.58. The lowest BCUT2D eigenvalue weighted by molar-refractivity contribution is -0.223. The predicted molar refractivity (Wildman–Crippen MR) is 234 cm³/mol. The summed E-state index contributed by atoms with van der Waals surface area (Å²) >= 11 is 3.48. The Morgan fingerprint density at radius 3 is 2.32 bits per heavy atom. The van der Waals surface area contributed by atoms with Gasteiger partial charge in [0.25, 0.3) is 0 Å². The third-order valence-electron chi connectivity index (χ3n) is 11.3. The molecular weight excluding hydrogens is 751 g/mol. The molecule has 1 saturated carbocycles. The summed E-state index contributed by atoms with van der Waals surface area (Å²) in [6, 6.07) is 29.5. The molecule has 4 aromatic carbocycles. The van der Waals surface area contributed by atoms with E-state index in [0.717, 1.165) is 77.5 Å². The number of allylic oxidation sites excluding steroid dienone is 1. The van der Waals surface area contributed by atoms with Crippen molar-refractivity contribution in [2.75, 3.05) is 26.1 Å². The highest BCUT2D eigenvalue weighted by Crippen LogP contribution is 2.63. The maximum Gasteiger partial charge on any atom is 0.231 e. The molecule has 4 aromatic rings. The van der Waals surface area contributed by atoms with Gasteiger partial charge in [-0.1, -0.05) is 60.5 Å². The van der Waals surface area contributed by atoms with Gasteiger partial charge in [0.05, 0.1) is 23.5 Å². The summed E-state index contributed by atoms with van der Waals surface area (Å²) in [6.07, 6.45) is 12.0. The zero-order valence-electron chi connectivity index (χ0n) is 33.7. The number of unbranched alkanes of at least 4 members (excludes halogenated alkanes) is 2. The number of thioether (sulfide) groups is 2. The van der Waals surface area contributed by atoms with Crippen LogP contribution >= 0.6 is 23.5 Å². The highest BCUT2D eigenvalue weighted by Gasteiger charge is 2.64. The first-order chi connectivity index (χ1) is 27.7. The second kappa shape index (κ2) is 18.5. The molecule has 302 valence electrons. The summed E-state index contributed by atoms with van der Waals surface area (Å²) in [4.78, 5) is 8.59. The predicted octanol–water partition coefficient (Wildman–Crippen LogP) is 11.6. The standard InChI is InChI=1S/C48H57NO6S2/c1-6-27-52-48-44(57-38-21-17-32-13-7-8-14-33(32)28-38)31-42(49-55-47(2,3)4)40-29-34(15-9-11-25-50)39(16-10-12-26-51)45(46(40)48)41-30-36(20-24-43(41)54-48)53-35-18-22-37(56-5)23-19-35/h6-8,13-14,17-24,28-30,34,39,44-46,50-51H,1,9-12,15-16,25-27,31H2,2-5H3. The Kier molecular flexibility index (Phi) is 13.4. The van der Waals surface area contributed by atoms with Crippen LogP contribution in [0.4, 0.5) is 0 Å². The minimum absolute atomic E-state index is 0.0290. The van der Waals surface area contributed by atoms with E-state index in [1.165, 1.54) is 15.7 Å². The van der Waals surface area contributed by atoms with Crippen molar-refractivity contribution >= 4 is 40.0 Å². The van der Waals surface area contributed by atoms with Crippen molar-refractivity contribution in [2.24, 2.45) is 22.9 Å². The van der Waals surface area contributed by atoms with Crippen molar-refractivity contribution in [1.82, 2.24) is 0 Å². The van der Waals surface area contributed by atoms with Crippen LogP contribution in [0.3, 0.4) is 0 Å². The van der Waals surface area contributed by atoms with Crippen molar-refractivity contribution < 1.29 is 29.3 Å². The van der Waals surface area contributed by atoms with Crippen molar-refractivity contribution in [1.29, 1.82) is 0 Å². The molecule has 0 bridgehead atoms. The number of hydrogen-bond donors (Lipinski definition) is 2. The van der Waals surface area contributed by atoms with Gasteiger partial charge in [0.1, 0.15) is 22.8 Å². The largest absolute Gasteiger partial charge is 0.460 e. The fourth-order valence-corrected chi connectivity index (χ4v) is 10.6. The summed E-state index contributed by atoms with van der Waals surface area (Å²) in [5.74, 6) is 1.38. The molecule has 1 aliphatic heterocycles. The molecule has 9 heteroatoms. The Balaban J connectivity index is 1.42. The van der Waals surface area contributed by atoms with E-state index in [4.69, 9.17) is 24.2 Å². The van der Waals surface area contributed by atoms with Crippen molar-refractivity contribution in [2.45, 2.75) is 98.1 Å². The van der Waals surface area contributed by atoms with Gasteiger partial charge in [-0.15, -0.1) is 30.1 Å². The molecule has 6 atom stereocenters. The van der Waals surface area contributed by atoms with Crippen LogP contribution in [0.25, 0.3) is 10.8 Å². The molecule has 6 unspecified atom stereocenters. The second-order valence-corrected chi connectivity index (χ2v) is 18.5. The third-order valence-corrected chi connectivity index (χ3v) is 13.4. The third kappa shape index (κ3) is 9.29. The molecule has 0 radical (unpaired) electrons. The molecule has 57 heavy (non-hydrogen) atoms. The van der Waals surface area contributed by atoms with Crippen LogP contribution in [-0.2, 0) is 9.57 Å². The topological polar surface area (TPSA) is 89.7 Å². The maximum atomic E-state index is 9.97. The van der Waals surface area contributed by atoms with E-state index in [1.807, 2.05) is 45.0 Å². The van der Waals surface area contributed by atoms with E-state index in [-0.39, 0.29) is 42.1 Å². The molecule has 7 nitrogen and oxygen atoms in total. The molecule has 0 amide bonds. The molecule has 3 aliphatic rings. The van der Waals surface area contributed by atoms with Gasteiger partial charge in [0, 0.05) is 40.9 Å². The SMILES string of the molecule is C=CCOC12Oc3ccc(Oc4ccc(SC)cc4)cc3C3C(CCCCO)C(CCCCO)C=C(C(=NOC(C)(C)C)CC1Sc1ccc4ccccc4c1)C32. The summed E-state index contributed by atoms with van der Waals surface area (Å²) in [7, 11) is 0. The molecule has 0 saturated heterocycles. The molecule has 0 aromatic heterocycles. The fourth-order valence-electron chi connectivity index (χ4n) is 8.87. The number of nitrogens with zero attached hydrogens (tertiary/aromatic N) is 1. The van der Waals surface area contributed by atoms with Gasteiger partial charge in [-0.2, -0.15) is 0 Å². The van der Waals surface area contributed by atoms with Crippen LogP contribution in [-0.4, -0.2) is 58.6 Å². The van der Waals surface area contributed by atoms with Gasteiger partial charge in [0.2, 0.25) is 5.79 Å². The number of ether oxygens (including phenoxy) is 3. The Hall–Kier alpha value is -3.73. The Labute approximate surface area is 346 Å². The summed E-state index contributed by atoms with van der Waals surface area (Å²) in [5, 5.41) is 27.0. The summed E-state index contributed by atoms with van der Waals surface area (Å²) < 4.78 is 21.1. The van der Waals surface area contributed by atoms with Crippen molar-refractivity contribution in [3.05, 3.63) is 115 Å². The van der Waals surface area contributed by atoms with E-state index < -0.39 is 11.4 Å². The van der Waals surface area contributed by atoms with E-state index in [1.54, 1.807) is 23.5 Å². The van der Waals surface area contributed by atoms with Gasteiger partial charge in [-0.05, 0) is 135 Å². The van der Waals surface area contributed by atoms with E-state index >= 15 is 0 Å². The number of aliphatic hydroxyl groups excluding tert-OH is 2. The van der Waals surface area contributed by atoms with Crippen molar-refractivity contribution in [3.63, 3.8) is 0 Å². The number of aliphatic hydroxyl groups is 2. The molecule has 1 fully saturated rings. The molecular formula is C48H57NO6S2. The molecule has 2 N–H and O–H groups in total. The van der Waals surface area contributed by atoms with Crippen LogP contribution in [0.5, 0.6) is 17.2 Å². The van der Waals surface area contributed by atoms with Gasteiger partial charge in [-0.3, -0.25) is 0 Å². The zero-order chi connectivity index (χ0) is 40.0. The quantitative estimate of drug-likeness (QED) is 0.0472. The average molecular weight is 808 g/mol. The highest BCUT2D eigenvalue weighted by molar-refractivity contribution is 8.00. The first-order valence-electron chi connectivity index (χ1n) is 20.4. The van der Waals surface area contributed by atoms with Crippen molar-refractivity contribution in [3.8, 4) is 17.2 Å². The number of oxime groups is 1. The maximum absolute atomic E-state index is 9.97. The van der Waals surface area contributed by atoms with E-state index in [0.29, 0.717) is 13.0 Å². The van der Waals surface area contributed by atoms with Crippen LogP contribution in [0.2, 0.25) is 0 Å². The highest BCUT2D eigenvalue weighted by atomic mass is 32.2. The van der Waals surface area contributed by atoms with Gasteiger partial charge in [0.15, 0.2) is 0 Å². The number of rotatable bonds is 17. The summed E-state index contributed by atoms with van der Waals surface area (Å²) in [6.45, 7) is 10.8. The summed E-state index contributed by atoms with van der Waals surface area (Å²) in [5.41, 5.74) is 2.64. The lowest BCUT2D eigenvalue weighted by Crippen LogP contribution is -2.64. The molecule has 2 aliphatic carbocycles. The first kappa shape index (κ1) is 41.4. The normalized spacial score (nSPS) is 24.6. The lowest BCUT2D eigenvalue weighted by atomic mass is 9.56. The fraction of sp³-hybridized carbons (Fsp3) is 0.438. The monoisotopic (exact) mass is 807 g/mol. The van der Waals surface area contributed by atoms with Crippen LogP contribution in [0.15, 0.2) is 124 Å². The molecule has 1 heterocycles. The first-order valence-corrected chi connectivity index (χ1v) is 22.5. The van der Waals surface area contributed by atoms with E-state index in [9.17, 15) is 10.2 Å². The minimum Gasteiger partial charge on any atom is -0.460 e. The Morgan fingerprint density at radius 2 is 1.60 bits per heavy atom. The van der Waals surface area contributed by atoms with E-state index in [2.05, 4.69) is 85.6 Å². The Bertz CT molecular complexity index is 2060. The second-order valence-electron chi connectivity index (χ2n) is 16.4.